The van der Waals surface area contributed by atoms with E-state index in [9.17, 15) is 9.90 Å². The predicted molar refractivity (Wildman–Crippen MR) is 85.8 cm³/mol. The van der Waals surface area contributed by atoms with Crippen LogP contribution in [0.3, 0.4) is 0 Å². The molecule has 110 valence electrons. The zero-order valence-corrected chi connectivity index (χ0v) is 12.6. The fourth-order valence-corrected chi connectivity index (χ4v) is 2.24. The Morgan fingerprint density at radius 1 is 1.14 bits per heavy atom. The molecule has 4 heteroatoms. The summed E-state index contributed by atoms with van der Waals surface area (Å²) in [4.78, 5) is 14.3. The molecule has 0 aromatic heterocycles. The van der Waals surface area contributed by atoms with E-state index >= 15 is 0 Å². The molecule has 2 aromatic rings. The Bertz CT molecular complexity index is 680. The molecule has 4 nitrogen and oxygen atoms in total. The van der Waals surface area contributed by atoms with Crippen LogP contribution >= 0.6 is 0 Å². The molecular formula is C17H20N2O2. The Morgan fingerprint density at radius 2 is 1.81 bits per heavy atom. The fraction of sp³-hybridized carbons (Fsp3) is 0.235. The lowest BCUT2D eigenvalue weighted by atomic mass is 10.1. The predicted octanol–water partition coefficient (Wildman–Crippen LogP) is 3.26. The minimum absolute atomic E-state index is 0.127. The van der Waals surface area contributed by atoms with E-state index in [1.165, 1.54) is 0 Å². The van der Waals surface area contributed by atoms with Crippen molar-refractivity contribution in [3.8, 4) is 5.75 Å². The summed E-state index contributed by atoms with van der Waals surface area (Å²) in [6.45, 7) is 6.23. The van der Waals surface area contributed by atoms with Crippen molar-refractivity contribution in [2.24, 2.45) is 0 Å². The van der Waals surface area contributed by atoms with Crippen molar-refractivity contribution in [1.29, 1.82) is 0 Å². The Balaban J connectivity index is 2.43. The van der Waals surface area contributed by atoms with E-state index < -0.39 is 0 Å². The number of nitrogen functional groups attached to an aromatic ring is 1. The van der Waals surface area contributed by atoms with E-state index in [0.29, 0.717) is 23.5 Å². The maximum atomic E-state index is 12.7. The van der Waals surface area contributed by atoms with Gasteiger partial charge in [0.1, 0.15) is 5.75 Å². The molecule has 2 aromatic carbocycles. The zero-order valence-electron chi connectivity index (χ0n) is 12.6. The molecule has 3 N–H and O–H groups in total. The molecule has 0 saturated heterocycles. The standard InChI is InChI=1S/C17H20N2O2/c1-4-19(16-10-14(20)8-6-12(16)3)17(21)13-7-5-11(2)15(18)9-13/h5-10,20H,4,18H2,1-3H3. The number of carbonyl (C=O) groups is 1. The van der Waals surface area contributed by atoms with Gasteiger partial charge in [0.05, 0.1) is 5.69 Å². The minimum atomic E-state index is -0.127. The molecule has 0 aliphatic carbocycles. The van der Waals surface area contributed by atoms with E-state index in [2.05, 4.69) is 0 Å². The summed E-state index contributed by atoms with van der Waals surface area (Å²) in [6.07, 6.45) is 0. The van der Waals surface area contributed by atoms with E-state index in [0.717, 1.165) is 11.1 Å². The number of amides is 1. The van der Waals surface area contributed by atoms with Gasteiger partial charge in [-0.15, -0.1) is 0 Å². The molecule has 21 heavy (non-hydrogen) atoms. The lowest BCUT2D eigenvalue weighted by Crippen LogP contribution is -2.31. The summed E-state index contributed by atoms with van der Waals surface area (Å²) >= 11 is 0. The highest BCUT2D eigenvalue weighted by atomic mass is 16.3. The van der Waals surface area contributed by atoms with Crippen LogP contribution in [0.25, 0.3) is 0 Å². The number of anilines is 2. The Morgan fingerprint density at radius 3 is 2.43 bits per heavy atom. The molecule has 0 atom stereocenters. The van der Waals surface area contributed by atoms with Crippen molar-refractivity contribution in [3.63, 3.8) is 0 Å². The summed E-state index contributed by atoms with van der Waals surface area (Å²) < 4.78 is 0. The first-order chi connectivity index (χ1) is 9.93. The SMILES string of the molecule is CCN(C(=O)c1ccc(C)c(N)c1)c1cc(O)ccc1C. The molecule has 0 radical (unpaired) electrons. The Kier molecular flexibility index (Phi) is 4.17. The van der Waals surface area contributed by atoms with Crippen LogP contribution in [0.1, 0.15) is 28.4 Å². The number of carbonyl (C=O) groups excluding carboxylic acids is 1. The number of nitrogens with zero attached hydrogens (tertiary/aromatic N) is 1. The second-order valence-corrected chi connectivity index (χ2v) is 5.09. The molecule has 0 aliphatic heterocycles. The number of nitrogens with two attached hydrogens (primary N) is 1. The van der Waals surface area contributed by atoms with Gasteiger partial charge in [-0.1, -0.05) is 12.1 Å². The van der Waals surface area contributed by atoms with Crippen LogP contribution in [-0.2, 0) is 0 Å². The van der Waals surface area contributed by atoms with Crippen molar-refractivity contribution in [2.75, 3.05) is 17.2 Å². The summed E-state index contributed by atoms with van der Waals surface area (Å²) in [5, 5.41) is 9.66. The lowest BCUT2D eigenvalue weighted by molar-refractivity contribution is 0.0988. The van der Waals surface area contributed by atoms with Crippen LogP contribution in [0.5, 0.6) is 5.75 Å². The molecule has 0 spiro atoms. The van der Waals surface area contributed by atoms with Crippen molar-refractivity contribution in [1.82, 2.24) is 0 Å². The number of phenols is 1. The van der Waals surface area contributed by atoms with Crippen LogP contribution in [0.2, 0.25) is 0 Å². The number of hydrogen-bond acceptors (Lipinski definition) is 3. The maximum Gasteiger partial charge on any atom is 0.258 e. The van der Waals surface area contributed by atoms with E-state index in [1.54, 1.807) is 35.2 Å². The van der Waals surface area contributed by atoms with Gasteiger partial charge in [0.25, 0.3) is 5.91 Å². The maximum absolute atomic E-state index is 12.7. The highest BCUT2D eigenvalue weighted by Crippen LogP contribution is 2.26. The van der Waals surface area contributed by atoms with Crippen molar-refractivity contribution >= 4 is 17.3 Å². The highest BCUT2D eigenvalue weighted by Gasteiger charge is 2.18. The first-order valence-corrected chi connectivity index (χ1v) is 6.91. The third-order valence-corrected chi connectivity index (χ3v) is 3.57. The van der Waals surface area contributed by atoms with E-state index in [1.807, 2.05) is 26.8 Å². The number of aryl methyl sites for hydroxylation is 2. The van der Waals surface area contributed by atoms with Gasteiger partial charge in [-0.05, 0) is 50.1 Å². The van der Waals surface area contributed by atoms with Gasteiger partial charge in [0, 0.05) is 23.9 Å². The summed E-state index contributed by atoms with van der Waals surface area (Å²) in [7, 11) is 0. The average Bonchev–Trinajstić information content (AvgIpc) is 2.46. The molecule has 0 saturated carbocycles. The van der Waals surface area contributed by atoms with Crippen LogP contribution in [0, 0.1) is 13.8 Å². The molecule has 0 fully saturated rings. The third kappa shape index (κ3) is 2.99. The first-order valence-electron chi connectivity index (χ1n) is 6.91. The Labute approximate surface area is 124 Å². The van der Waals surface area contributed by atoms with Gasteiger partial charge in [-0.3, -0.25) is 4.79 Å². The second kappa shape index (κ2) is 5.87. The van der Waals surface area contributed by atoms with Gasteiger partial charge in [-0.2, -0.15) is 0 Å². The Hall–Kier alpha value is -2.49. The first kappa shape index (κ1) is 14.9. The summed E-state index contributed by atoms with van der Waals surface area (Å²) in [5.41, 5.74) is 9.62. The number of rotatable bonds is 3. The molecule has 0 unspecified atom stereocenters. The average molecular weight is 284 g/mol. The van der Waals surface area contributed by atoms with Gasteiger partial charge in [-0.25, -0.2) is 0 Å². The zero-order chi connectivity index (χ0) is 15.6. The third-order valence-electron chi connectivity index (χ3n) is 3.57. The van der Waals surface area contributed by atoms with Gasteiger partial charge in [0.15, 0.2) is 0 Å². The van der Waals surface area contributed by atoms with Gasteiger partial charge < -0.3 is 15.7 Å². The number of hydrogen-bond donors (Lipinski definition) is 2. The molecule has 2 rings (SSSR count). The summed E-state index contributed by atoms with van der Waals surface area (Å²) in [6, 6.07) is 10.3. The minimum Gasteiger partial charge on any atom is -0.508 e. The van der Waals surface area contributed by atoms with Crippen LogP contribution < -0.4 is 10.6 Å². The van der Waals surface area contributed by atoms with Crippen molar-refractivity contribution < 1.29 is 9.90 Å². The molecular weight excluding hydrogens is 264 g/mol. The highest BCUT2D eigenvalue weighted by molar-refractivity contribution is 6.07. The largest absolute Gasteiger partial charge is 0.508 e. The molecule has 1 amide bonds. The van der Waals surface area contributed by atoms with Crippen molar-refractivity contribution in [3.05, 3.63) is 53.1 Å². The van der Waals surface area contributed by atoms with Crippen LogP contribution in [0.15, 0.2) is 36.4 Å². The van der Waals surface area contributed by atoms with Crippen LogP contribution in [-0.4, -0.2) is 17.6 Å². The monoisotopic (exact) mass is 284 g/mol. The lowest BCUT2D eigenvalue weighted by Gasteiger charge is -2.23. The van der Waals surface area contributed by atoms with Crippen molar-refractivity contribution in [2.45, 2.75) is 20.8 Å². The number of aromatic hydroxyl groups is 1. The van der Waals surface area contributed by atoms with Gasteiger partial charge >= 0.3 is 0 Å². The molecule has 0 heterocycles. The smallest absolute Gasteiger partial charge is 0.258 e. The molecule has 0 aliphatic rings. The topological polar surface area (TPSA) is 66.6 Å². The molecule has 0 bridgehead atoms. The van der Waals surface area contributed by atoms with Gasteiger partial charge in [0.2, 0.25) is 0 Å². The number of phenolic OH excluding ortho intramolecular Hbond substituents is 1. The second-order valence-electron chi connectivity index (χ2n) is 5.09. The number of benzene rings is 2. The van der Waals surface area contributed by atoms with E-state index in [4.69, 9.17) is 5.73 Å². The fourth-order valence-electron chi connectivity index (χ4n) is 2.24. The van der Waals surface area contributed by atoms with Crippen LogP contribution in [0.4, 0.5) is 11.4 Å². The summed E-state index contributed by atoms with van der Waals surface area (Å²) in [5.74, 6) is 0.0168. The van der Waals surface area contributed by atoms with E-state index in [-0.39, 0.29) is 11.7 Å². The quantitative estimate of drug-likeness (QED) is 0.850. The normalized spacial score (nSPS) is 10.4.